The number of amides is 1. The maximum absolute atomic E-state index is 13.6. The number of piperazine rings is 1. The van der Waals surface area contributed by atoms with Gasteiger partial charge in [-0.15, -0.1) is 0 Å². The summed E-state index contributed by atoms with van der Waals surface area (Å²) in [7, 11) is 0. The van der Waals surface area contributed by atoms with Crippen molar-refractivity contribution in [3.8, 4) is 0 Å². The zero-order valence-electron chi connectivity index (χ0n) is 19.9. The number of aliphatic hydroxyl groups excluding tert-OH is 1. The zero-order chi connectivity index (χ0) is 23.8. The number of carbonyl (C=O) groups excluding carboxylic acids is 1. The monoisotopic (exact) mass is 515 g/mol. The Morgan fingerprint density at radius 1 is 1.18 bits per heavy atom. The number of carbonyl (C=O) groups is 1. The Morgan fingerprint density at radius 2 is 1.85 bits per heavy atom. The van der Waals surface area contributed by atoms with Crippen LogP contribution in [0, 0.1) is 0 Å². The second-order valence-electron chi connectivity index (χ2n) is 10.2. The normalized spacial score (nSPS) is 21.8. The van der Waals surface area contributed by atoms with Crippen molar-refractivity contribution in [2.24, 2.45) is 0 Å². The lowest BCUT2D eigenvalue weighted by Crippen LogP contribution is -2.52. The maximum Gasteiger partial charge on any atom is 0.231 e. The van der Waals surface area contributed by atoms with Gasteiger partial charge in [-0.1, -0.05) is 35.0 Å². The van der Waals surface area contributed by atoms with E-state index in [4.69, 9.17) is 0 Å². The molecule has 0 spiro atoms. The van der Waals surface area contributed by atoms with E-state index in [1.165, 1.54) is 0 Å². The van der Waals surface area contributed by atoms with Gasteiger partial charge >= 0.3 is 0 Å². The molecular weight excluding hydrogens is 482 g/mol. The Kier molecular flexibility index (Phi) is 7.07. The fourth-order valence-corrected chi connectivity index (χ4v) is 5.03. The van der Waals surface area contributed by atoms with Crippen LogP contribution in [0.5, 0.6) is 0 Å². The molecule has 178 valence electrons. The van der Waals surface area contributed by atoms with Gasteiger partial charge in [-0.05, 0) is 50.8 Å². The number of benzene rings is 1. The fourth-order valence-electron chi connectivity index (χ4n) is 4.76. The van der Waals surface area contributed by atoms with Gasteiger partial charge in [0.05, 0.1) is 17.7 Å². The van der Waals surface area contributed by atoms with E-state index < -0.39 is 6.10 Å². The van der Waals surface area contributed by atoms with Crippen LogP contribution < -0.4 is 10.2 Å². The van der Waals surface area contributed by atoms with Crippen LogP contribution in [0.4, 0.5) is 5.82 Å². The summed E-state index contributed by atoms with van der Waals surface area (Å²) in [6.45, 7) is 11.8. The van der Waals surface area contributed by atoms with E-state index in [1.54, 1.807) is 6.33 Å². The minimum Gasteiger partial charge on any atom is -0.387 e. The zero-order valence-corrected chi connectivity index (χ0v) is 21.5. The molecule has 2 heterocycles. The number of halogens is 1. The summed E-state index contributed by atoms with van der Waals surface area (Å²) >= 11 is 3.49. The minimum atomic E-state index is -0.512. The van der Waals surface area contributed by atoms with Crippen molar-refractivity contribution < 1.29 is 9.90 Å². The molecule has 1 aromatic carbocycles. The lowest BCUT2D eigenvalue weighted by Gasteiger charge is -2.38. The van der Waals surface area contributed by atoms with E-state index >= 15 is 0 Å². The number of nitrogens with one attached hydrogen (secondary N) is 1. The van der Waals surface area contributed by atoms with Crippen molar-refractivity contribution in [3.05, 3.63) is 51.9 Å². The number of anilines is 1. The molecule has 8 heteroatoms. The second kappa shape index (κ2) is 9.68. The standard InChI is InChI=1S/C25H34BrN5O2/c1-16-13-20(32)22-21(16)23(28-15-27-22)30-9-11-31(12-10-30)24(33)19(14-29-25(2,3)4)17-5-7-18(26)8-6-17/h5-8,15-16,19-20,29,32H,9-14H2,1-4H3/t16?,19-,20-/m1/s1. The van der Waals surface area contributed by atoms with Crippen molar-refractivity contribution in [2.75, 3.05) is 37.6 Å². The maximum atomic E-state index is 13.6. The molecule has 2 N–H and O–H groups in total. The topological polar surface area (TPSA) is 81.6 Å². The fraction of sp³-hybridized carbons (Fsp3) is 0.560. The Labute approximate surface area is 204 Å². The van der Waals surface area contributed by atoms with Crippen molar-refractivity contribution >= 4 is 27.7 Å². The molecule has 33 heavy (non-hydrogen) atoms. The Balaban J connectivity index is 1.48. The lowest BCUT2D eigenvalue weighted by molar-refractivity contribution is -0.133. The van der Waals surface area contributed by atoms with E-state index in [0.29, 0.717) is 26.1 Å². The van der Waals surface area contributed by atoms with E-state index in [9.17, 15) is 9.90 Å². The summed E-state index contributed by atoms with van der Waals surface area (Å²) in [5, 5.41) is 13.8. The highest BCUT2D eigenvalue weighted by atomic mass is 79.9. The summed E-state index contributed by atoms with van der Waals surface area (Å²) in [4.78, 5) is 26.7. The summed E-state index contributed by atoms with van der Waals surface area (Å²) in [6.07, 6.45) is 1.73. The SMILES string of the molecule is CC1C[C@@H](O)c2ncnc(N3CCN(C(=O)[C@H](CNC(C)(C)C)c4ccc(Br)cc4)CC3)c21. The summed E-state index contributed by atoms with van der Waals surface area (Å²) in [5.74, 6) is 1.07. The molecule has 4 rings (SSSR count). The van der Waals surface area contributed by atoms with Crippen LogP contribution in [0.3, 0.4) is 0 Å². The molecule has 7 nitrogen and oxygen atoms in total. The number of aromatic nitrogens is 2. The highest BCUT2D eigenvalue weighted by molar-refractivity contribution is 9.10. The van der Waals surface area contributed by atoms with Crippen molar-refractivity contribution in [1.82, 2.24) is 20.2 Å². The molecule has 1 aliphatic carbocycles. The first kappa shape index (κ1) is 24.1. The van der Waals surface area contributed by atoms with E-state index in [-0.39, 0.29) is 23.3 Å². The Morgan fingerprint density at radius 3 is 2.48 bits per heavy atom. The molecule has 1 unspecified atom stereocenters. The van der Waals surface area contributed by atoms with Crippen LogP contribution in [0.1, 0.15) is 68.9 Å². The van der Waals surface area contributed by atoms with Gasteiger partial charge in [-0.2, -0.15) is 0 Å². The van der Waals surface area contributed by atoms with Crippen LogP contribution in [0.2, 0.25) is 0 Å². The molecule has 1 fully saturated rings. The third kappa shape index (κ3) is 5.39. The number of hydrogen-bond acceptors (Lipinski definition) is 6. The van der Waals surface area contributed by atoms with Gasteiger partial charge in [-0.25, -0.2) is 9.97 Å². The minimum absolute atomic E-state index is 0.0682. The van der Waals surface area contributed by atoms with Crippen LogP contribution in [-0.4, -0.2) is 64.1 Å². The Bertz CT molecular complexity index is 983. The predicted octanol–water partition coefficient (Wildman–Crippen LogP) is 3.60. The average Bonchev–Trinajstić information content (AvgIpc) is 3.08. The van der Waals surface area contributed by atoms with Gasteiger partial charge in [0.2, 0.25) is 5.91 Å². The lowest BCUT2D eigenvalue weighted by atomic mass is 9.95. The summed E-state index contributed by atoms with van der Waals surface area (Å²) < 4.78 is 1.01. The quantitative estimate of drug-likeness (QED) is 0.632. The molecule has 1 aromatic heterocycles. The Hall–Kier alpha value is -2.03. The third-order valence-corrected chi connectivity index (χ3v) is 7.11. The molecule has 0 saturated carbocycles. The summed E-state index contributed by atoms with van der Waals surface area (Å²) in [6, 6.07) is 8.06. The van der Waals surface area contributed by atoms with Crippen LogP contribution in [0.25, 0.3) is 0 Å². The van der Waals surface area contributed by atoms with Crippen LogP contribution >= 0.6 is 15.9 Å². The third-order valence-electron chi connectivity index (χ3n) is 6.58. The predicted molar refractivity (Wildman–Crippen MR) is 133 cm³/mol. The summed E-state index contributed by atoms with van der Waals surface area (Å²) in [5.41, 5.74) is 2.78. The largest absolute Gasteiger partial charge is 0.387 e. The molecular formula is C25H34BrN5O2. The van der Waals surface area contributed by atoms with Crippen molar-refractivity contribution in [2.45, 2.75) is 57.6 Å². The first-order valence-electron chi connectivity index (χ1n) is 11.7. The van der Waals surface area contributed by atoms with Gasteiger partial charge in [-0.3, -0.25) is 4.79 Å². The van der Waals surface area contributed by atoms with Crippen molar-refractivity contribution in [1.29, 1.82) is 0 Å². The second-order valence-corrected chi connectivity index (χ2v) is 11.1. The average molecular weight is 516 g/mol. The van der Waals surface area contributed by atoms with Gasteiger partial charge in [0.25, 0.3) is 0 Å². The molecule has 2 aromatic rings. The molecule has 1 saturated heterocycles. The first-order valence-corrected chi connectivity index (χ1v) is 12.5. The molecule has 0 bridgehead atoms. The highest BCUT2D eigenvalue weighted by Gasteiger charge is 2.35. The molecule has 3 atom stereocenters. The van der Waals surface area contributed by atoms with E-state index in [1.807, 2.05) is 29.2 Å². The molecule has 1 amide bonds. The van der Waals surface area contributed by atoms with Gasteiger partial charge in [0, 0.05) is 48.3 Å². The molecule has 0 radical (unpaired) electrons. The molecule has 1 aliphatic heterocycles. The smallest absolute Gasteiger partial charge is 0.231 e. The van der Waals surface area contributed by atoms with Gasteiger partial charge < -0.3 is 20.2 Å². The van der Waals surface area contributed by atoms with Crippen LogP contribution in [0.15, 0.2) is 35.1 Å². The van der Waals surface area contributed by atoms with Gasteiger partial charge in [0.15, 0.2) is 0 Å². The number of nitrogens with zero attached hydrogens (tertiary/aromatic N) is 4. The number of rotatable bonds is 5. The number of hydrogen-bond donors (Lipinski definition) is 2. The van der Waals surface area contributed by atoms with Gasteiger partial charge in [0.1, 0.15) is 12.1 Å². The van der Waals surface area contributed by atoms with Crippen LogP contribution in [-0.2, 0) is 4.79 Å². The number of aliphatic hydroxyl groups is 1. The van der Waals surface area contributed by atoms with E-state index in [0.717, 1.165) is 40.2 Å². The molecule has 2 aliphatic rings. The first-order chi connectivity index (χ1) is 15.6. The number of fused-ring (bicyclic) bond motifs is 1. The highest BCUT2D eigenvalue weighted by Crippen LogP contribution is 2.42. The van der Waals surface area contributed by atoms with E-state index in [2.05, 4.69) is 63.8 Å². The van der Waals surface area contributed by atoms with Crippen molar-refractivity contribution in [3.63, 3.8) is 0 Å².